The molecule has 2 aliphatic heterocycles. The largest absolute Gasteiger partial charge is 0.495 e. The molecule has 2 atom stereocenters. The van der Waals surface area contributed by atoms with Crippen molar-refractivity contribution in [3.63, 3.8) is 0 Å². The quantitative estimate of drug-likeness (QED) is 0.0835. The summed E-state index contributed by atoms with van der Waals surface area (Å²) in [6, 6.07) is 11.7. The van der Waals surface area contributed by atoms with Crippen LogP contribution < -0.4 is 35.5 Å². The zero-order chi connectivity index (χ0) is 49.1. The summed E-state index contributed by atoms with van der Waals surface area (Å²) < 4.78 is 16.5. The molecule has 4 aromatic rings. The molecule has 2 amide bonds. The normalized spacial score (nSPS) is 18.7. The summed E-state index contributed by atoms with van der Waals surface area (Å²) in [5, 5.41) is 23.4. The molecular formula is C49H71Cl3N12O6. The first-order valence-corrected chi connectivity index (χ1v) is 25.2. The molecule has 4 aliphatic rings. The van der Waals surface area contributed by atoms with Crippen molar-refractivity contribution in [1.29, 1.82) is 0 Å². The lowest BCUT2D eigenvalue weighted by atomic mass is 10.1. The maximum atomic E-state index is 11.8. The van der Waals surface area contributed by atoms with Crippen LogP contribution in [0.25, 0.3) is 0 Å². The number of carbonyl (C=O) groups excluding carboxylic acids is 2. The zero-order valence-electron chi connectivity index (χ0n) is 40.1. The van der Waals surface area contributed by atoms with Gasteiger partial charge < -0.3 is 50.4 Å². The number of β-amino-alcohol motifs (C(OH)–C–C–N with tert-alkyl or cyclic N) is 1. The molecular weight excluding hydrogens is 959 g/mol. The lowest BCUT2D eigenvalue weighted by Crippen LogP contribution is -2.43. The van der Waals surface area contributed by atoms with Gasteiger partial charge in [-0.05, 0) is 99.4 Å². The number of piperidine rings is 2. The molecule has 8 rings (SSSR count). The fourth-order valence-corrected chi connectivity index (χ4v) is 9.34. The number of hydrogen-bond donors (Lipinski definition) is 5. The van der Waals surface area contributed by atoms with E-state index >= 15 is 0 Å². The number of amides is 2. The maximum absolute atomic E-state index is 11.8. The van der Waals surface area contributed by atoms with Crippen molar-refractivity contribution in [2.24, 2.45) is 0 Å². The first-order valence-electron chi connectivity index (χ1n) is 24.1. The second kappa shape index (κ2) is 28.6. The SMILES string of the molecule is C.CC(=O)N1CCCC(O)C1.COc1ccc(Nc2nc(Cl)nc(NC3CCCCCC3)n2)cc1Cl.COc1ccc(Nc2nc(NC3CCCCCC3)nc(OC3CCCN(C(C)=O)C3)n2)cc1Cl. The van der Waals surface area contributed by atoms with Gasteiger partial charge in [0.05, 0.1) is 36.9 Å². The number of aromatic nitrogens is 6. The van der Waals surface area contributed by atoms with Gasteiger partial charge in [0.2, 0.25) is 40.9 Å². The summed E-state index contributed by atoms with van der Waals surface area (Å²) in [5.41, 5.74) is 1.47. The summed E-state index contributed by atoms with van der Waals surface area (Å²) in [6.07, 6.45) is 17.5. The number of rotatable bonds is 12. The standard InChI is InChI=1S/C24H33ClN6O3.C17H21Cl2N5O.C7H13NO2.CH4/c1-16(32)31-13-7-10-19(15-31)34-24-29-22(26-17-8-5-3-4-6-9-17)28-23(30-24)27-18-11-12-21(33-2)20(25)14-18;1-25-14-9-8-12(10-13(14)18)21-17-23-15(19)22-16(24-17)20-11-6-4-2-3-5-7-11;1-6(9)8-4-2-3-7(10)5-8;/h11-12,14,17,19H,3-10,13,15H2,1-2H3,(H2,26,27,28,29,30);8-11H,2-7H2,1H3,(H2,20,21,22,23,24);7,10H,2-5H2,1H3;1H4. The highest BCUT2D eigenvalue weighted by Crippen LogP contribution is 2.31. The monoisotopic (exact) mass is 1030 g/mol. The summed E-state index contributed by atoms with van der Waals surface area (Å²) in [5.74, 6) is 3.04. The molecule has 2 aromatic heterocycles. The van der Waals surface area contributed by atoms with Crippen LogP contribution in [0.3, 0.4) is 0 Å². The number of nitrogens with zero attached hydrogens (tertiary/aromatic N) is 8. The van der Waals surface area contributed by atoms with Gasteiger partial charge in [-0.3, -0.25) is 9.59 Å². The van der Waals surface area contributed by atoms with Gasteiger partial charge in [0.15, 0.2) is 0 Å². The molecule has 0 radical (unpaired) electrons. The lowest BCUT2D eigenvalue weighted by Gasteiger charge is -2.31. The number of aliphatic hydroxyl groups is 1. The maximum Gasteiger partial charge on any atom is 0.323 e. The van der Waals surface area contributed by atoms with E-state index in [0.29, 0.717) is 70.5 Å². The minimum atomic E-state index is -0.294. The Morgan fingerprint density at radius 2 is 1.03 bits per heavy atom. The van der Waals surface area contributed by atoms with Crippen molar-refractivity contribution in [2.45, 2.75) is 148 Å². The third kappa shape index (κ3) is 18.2. The molecule has 0 bridgehead atoms. The van der Waals surface area contributed by atoms with E-state index in [-0.39, 0.29) is 42.7 Å². The molecule has 5 N–H and O–H groups in total. The number of anilines is 6. The molecule has 0 spiro atoms. The number of nitrogens with one attached hydrogen (secondary N) is 4. The number of carbonyl (C=O) groups is 2. The van der Waals surface area contributed by atoms with Crippen molar-refractivity contribution in [1.82, 2.24) is 39.7 Å². The highest BCUT2D eigenvalue weighted by molar-refractivity contribution is 6.32. The van der Waals surface area contributed by atoms with E-state index in [1.807, 2.05) is 12.1 Å². The van der Waals surface area contributed by atoms with Crippen LogP contribution in [0.2, 0.25) is 15.3 Å². The van der Waals surface area contributed by atoms with Gasteiger partial charge in [0.25, 0.3) is 0 Å². The molecule has 21 heteroatoms. The second-order valence-corrected chi connectivity index (χ2v) is 18.9. The van der Waals surface area contributed by atoms with Crippen LogP contribution in [0, 0.1) is 0 Å². The lowest BCUT2D eigenvalue weighted by molar-refractivity contribution is -0.132. The van der Waals surface area contributed by atoms with E-state index in [1.165, 1.54) is 58.3 Å². The van der Waals surface area contributed by atoms with E-state index < -0.39 is 0 Å². The summed E-state index contributed by atoms with van der Waals surface area (Å²) in [6.45, 7) is 5.75. The van der Waals surface area contributed by atoms with Crippen LogP contribution in [0.5, 0.6) is 17.5 Å². The Balaban J connectivity index is 0.000000221. The minimum absolute atomic E-state index is 0. The Labute approximate surface area is 427 Å². The van der Waals surface area contributed by atoms with Crippen molar-refractivity contribution < 1.29 is 28.9 Å². The highest BCUT2D eigenvalue weighted by Gasteiger charge is 2.25. The summed E-state index contributed by atoms with van der Waals surface area (Å²) >= 11 is 18.5. The Morgan fingerprint density at radius 1 is 0.586 bits per heavy atom. The number of methoxy groups -OCH3 is 2. The molecule has 2 unspecified atom stereocenters. The molecule has 2 saturated heterocycles. The van der Waals surface area contributed by atoms with E-state index in [9.17, 15) is 9.59 Å². The van der Waals surface area contributed by atoms with Gasteiger partial charge in [-0.1, -0.05) is 82.0 Å². The smallest absolute Gasteiger partial charge is 0.323 e. The second-order valence-electron chi connectivity index (χ2n) is 17.7. The van der Waals surface area contributed by atoms with Crippen LogP contribution >= 0.6 is 34.8 Å². The molecule has 70 heavy (non-hydrogen) atoms. The van der Waals surface area contributed by atoms with Crippen LogP contribution in [-0.2, 0) is 9.59 Å². The summed E-state index contributed by atoms with van der Waals surface area (Å²) in [7, 11) is 3.15. The van der Waals surface area contributed by atoms with Gasteiger partial charge in [-0.25, -0.2) is 0 Å². The molecule has 4 heterocycles. The van der Waals surface area contributed by atoms with Gasteiger partial charge in [0, 0.05) is 56.9 Å². The van der Waals surface area contributed by atoms with E-state index in [1.54, 1.807) is 55.2 Å². The van der Waals surface area contributed by atoms with Gasteiger partial charge in [-0.2, -0.15) is 29.9 Å². The Morgan fingerprint density at radius 3 is 1.49 bits per heavy atom. The number of ether oxygens (including phenoxy) is 3. The van der Waals surface area contributed by atoms with Gasteiger partial charge >= 0.3 is 6.01 Å². The number of benzene rings is 2. The van der Waals surface area contributed by atoms with Crippen LogP contribution in [-0.4, -0.2) is 121 Å². The topological polar surface area (TPSA) is 214 Å². The Kier molecular flexibility index (Phi) is 22.8. The molecule has 2 aromatic carbocycles. The van der Waals surface area contributed by atoms with Crippen molar-refractivity contribution in [2.75, 3.05) is 61.7 Å². The van der Waals surface area contributed by atoms with Crippen molar-refractivity contribution in [3.05, 3.63) is 51.7 Å². The van der Waals surface area contributed by atoms with Crippen molar-refractivity contribution >= 4 is 81.8 Å². The van der Waals surface area contributed by atoms with Crippen LogP contribution in [0.4, 0.5) is 35.2 Å². The Hall–Kier alpha value is -5.17. The average molecular weight is 1030 g/mol. The van der Waals surface area contributed by atoms with Crippen LogP contribution in [0.1, 0.15) is 124 Å². The number of likely N-dealkylation sites (tertiary alicyclic amines) is 2. The summed E-state index contributed by atoms with van der Waals surface area (Å²) in [4.78, 5) is 52.5. The highest BCUT2D eigenvalue weighted by atomic mass is 35.5. The minimum Gasteiger partial charge on any atom is -0.495 e. The van der Waals surface area contributed by atoms with E-state index in [4.69, 9.17) is 54.1 Å². The van der Waals surface area contributed by atoms with E-state index in [0.717, 1.165) is 75.8 Å². The fraction of sp³-hybridized carbons (Fsp3) is 0.592. The van der Waals surface area contributed by atoms with Gasteiger partial charge in [-0.15, -0.1) is 0 Å². The molecule has 2 saturated carbocycles. The van der Waals surface area contributed by atoms with E-state index in [2.05, 4.69) is 51.2 Å². The van der Waals surface area contributed by atoms with Crippen LogP contribution in [0.15, 0.2) is 36.4 Å². The fourth-order valence-electron chi connectivity index (χ4n) is 8.67. The first-order chi connectivity index (χ1) is 33.3. The van der Waals surface area contributed by atoms with Crippen molar-refractivity contribution in [3.8, 4) is 17.5 Å². The molecule has 2 aliphatic carbocycles. The molecule has 18 nitrogen and oxygen atoms in total. The number of halogens is 3. The predicted octanol–water partition coefficient (Wildman–Crippen LogP) is 10.5. The number of aliphatic hydroxyl groups excluding tert-OH is 1. The predicted molar refractivity (Wildman–Crippen MR) is 278 cm³/mol. The Bertz CT molecular complexity index is 2270. The average Bonchev–Trinajstić information content (AvgIpc) is 3.75. The molecule has 4 fully saturated rings. The third-order valence-electron chi connectivity index (χ3n) is 12.4. The first kappa shape index (κ1) is 55.8. The zero-order valence-corrected chi connectivity index (χ0v) is 42.4. The molecule has 384 valence electrons. The van der Waals surface area contributed by atoms with Gasteiger partial charge in [0.1, 0.15) is 17.6 Å². The third-order valence-corrected chi connectivity index (χ3v) is 13.1. The number of hydrogen-bond acceptors (Lipinski definition) is 16.